The number of unbranched alkanes of at least 4 members (excludes halogenated alkanes) is 42. The van der Waals surface area contributed by atoms with E-state index >= 15 is 0 Å². The third-order valence-corrected chi connectivity index (χ3v) is 12.9. The largest absolute Gasteiger partial charge is 0.394 e. The van der Waals surface area contributed by atoms with Crippen LogP contribution in [-0.2, 0) is 4.79 Å². The van der Waals surface area contributed by atoms with Gasteiger partial charge in [-0.2, -0.15) is 0 Å². The maximum Gasteiger partial charge on any atom is 0.220 e. The van der Waals surface area contributed by atoms with Crippen molar-refractivity contribution in [1.82, 2.24) is 5.32 Å². The highest BCUT2D eigenvalue weighted by Crippen LogP contribution is 2.17. The van der Waals surface area contributed by atoms with Crippen molar-refractivity contribution in [1.29, 1.82) is 0 Å². The molecule has 2 atom stereocenters. The minimum Gasteiger partial charge on any atom is -0.394 e. The van der Waals surface area contributed by atoms with Gasteiger partial charge in [0.2, 0.25) is 5.91 Å². The molecule has 60 heavy (non-hydrogen) atoms. The summed E-state index contributed by atoms with van der Waals surface area (Å²) < 4.78 is 0. The highest BCUT2D eigenvalue weighted by Gasteiger charge is 2.18. The minimum atomic E-state index is -0.837. The minimum absolute atomic E-state index is 0.0580. The van der Waals surface area contributed by atoms with E-state index in [-0.39, 0.29) is 12.5 Å². The number of carbonyl (C=O) groups is 1. The Morgan fingerprint density at radius 1 is 0.383 bits per heavy atom. The fraction of sp³-hybridized carbons (Fsp3) is 0.911. The summed E-state index contributed by atoms with van der Waals surface area (Å²) >= 11 is 0. The van der Waals surface area contributed by atoms with E-state index in [2.05, 4.69) is 31.3 Å². The van der Waals surface area contributed by atoms with Gasteiger partial charge in [-0.25, -0.2) is 0 Å². The van der Waals surface area contributed by atoms with Crippen LogP contribution in [0.1, 0.15) is 309 Å². The molecule has 0 aliphatic carbocycles. The van der Waals surface area contributed by atoms with Gasteiger partial charge in [0.25, 0.3) is 0 Å². The molecule has 0 rings (SSSR count). The molecule has 4 nitrogen and oxygen atoms in total. The van der Waals surface area contributed by atoms with Gasteiger partial charge in [0.05, 0.1) is 18.8 Å². The number of amides is 1. The molecule has 4 heteroatoms. The van der Waals surface area contributed by atoms with Crippen LogP contribution in [0, 0.1) is 0 Å². The molecule has 0 radical (unpaired) electrons. The molecule has 2 unspecified atom stereocenters. The van der Waals surface area contributed by atoms with E-state index in [1.54, 1.807) is 6.08 Å². The molecule has 0 heterocycles. The van der Waals surface area contributed by atoms with Gasteiger partial charge in [-0.05, 0) is 44.9 Å². The standard InChI is InChI=1S/C56H109NO3/c1-3-5-7-9-11-13-15-17-19-21-23-24-25-26-27-28-29-30-31-32-34-36-38-40-42-44-46-48-50-52-56(60)57-54(53-58)55(59)51-49-47-45-43-41-39-37-35-33-22-20-18-16-14-12-10-8-6-4-2/h21,23,49,51,54-55,58-59H,3-20,22,24-48,50,52-53H2,1-2H3,(H,57,60)/b23-21-,51-49+. The number of aliphatic hydroxyl groups is 2. The quantitative estimate of drug-likeness (QED) is 0.0422. The Balaban J connectivity index is 3.45. The van der Waals surface area contributed by atoms with Crippen LogP contribution >= 0.6 is 0 Å². The van der Waals surface area contributed by atoms with Gasteiger partial charge >= 0.3 is 0 Å². The summed E-state index contributed by atoms with van der Waals surface area (Å²) in [6.45, 7) is 4.34. The van der Waals surface area contributed by atoms with E-state index in [4.69, 9.17) is 0 Å². The number of aliphatic hydroxyl groups excluding tert-OH is 2. The SMILES string of the molecule is CCCCCCCCCC/C=C\CCCCCCCCCCCCCCCCCCCC(=O)NC(CO)C(O)/C=C/CCCCCCCCCCCCCCCCCCC. The van der Waals surface area contributed by atoms with Gasteiger partial charge in [0, 0.05) is 6.42 Å². The highest BCUT2D eigenvalue weighted by atomic mass is 16.3. The molecule has 1 amide bonds. The van der Waals surface area contributed by atoms with Crippen LogP contribution in [0.25, 0.3) is 0 Å². The highest BCUT2D eigenvalue weighted by molar-refractivity contribution is 5.76. The Hall–Kier alpha value is -1.13. The summed E-state index contributed by atoms with van der Waals surface area (Å²) in [5.41, 5.74) is 0. The van der Waals surface area contributed by atoms with Gasteiger partial charge in [-0.15, -0.1) is 0 Å². The first kappa shape index (κ1) is 58.9. The van der Waals surface area contributed by atoms with Crippen molar-refractivity contribution in [3.63, 3.8) is 0 Å². The van der Waals surface area contributed by atoms with Crippen LogP contribution in [0.3, 0.4) is 0 Å². The number of carbonyl (C=O) groups excluding carboxylic acids is 1. The number of nitrogens with one attached hydrogen (secondary N) is 1. The van der Waals surface area contributed by atoms with Gasteiger partial charge in [-0.3, -0.25) is 4.79 Å². The Labute approximate surface area is 377 Å². The topological polar surface area (TPSA) is 69.6 Å². The Bertz CT molecular complexity index is 871. The molecule has 0 fully saturated rings. The molecule has 356 valence electrons. The van der Waals surface area contributed by atoms with Crippen molar-refractivity contribution in [2.75, 3.05) is 6.61 Å². The molecular weight excluding hydrogens is 735 g/mol. The lowest BCUT2D eigenvalue weighted by Crippen LogP contribution is -2.45. The smallest absolute Gasteiger partial charge is 0.220 e. The molecule has 0 saturated carbocycles. The molecule has 0 saturated heterocycles. The Kier molecular flexibility index (Phi) is 51.2. The predicted octanol–water partition coefficient (Wildman–Crippen LogP) is 17.9. The number of allylic oxidation sites excluding steroid dienone is 3. The summed E-state index contributed by atoms with van der Waals surface area (Å²) in [6.07, 6.45) is 69.1. The van der Waals surface area contributed by atoms with Crippen molar-refractivity contribution < 1.29 is 15.0 Å². The molecule has 0 bridgehead atoms. The molecule has 0 aromatic heterocycles. The second-order valence-corrected chi connectivity index (χ2v) is 19.0. The molecule has 0 spiro atoms. The molecule has 0 aromatic rings. The van der Waals surface area contributed by atoms with E-state index < -0.39 is 12.1 Å². The van der Waals surface area contributed by atoms with Crippen LogP contribution in [0.15, 0.2) is 24.3 Å². The molecule has 0 aliphatic heterocycles. The van der Waals surface area contributed by atoms with E-state index in [0.717, 1.165) is 25.7 Å². The summed E-state index contributed by atoms with van der Waals surface area (Å²) in [5.74, 6) is -0.0580. The Morgan fingerprint density at radius 3 is 0.917 bits per heavy atom. The van der Waals surface area contributed by atoms with Gasteiger partial charge in [0.1, 0.15) is 0 Å². The average molecular weight is 844 g/mol. The summed E-state index contributed by atoms with van der Waals surface area (Å²) in [6, 6.07) is -0.619. The summed E-state index contributed by atoms with van der Waals surface area (Å²) in [5, 5.41) is 23.2. The van der Waals surface area contributed by atoms with Crippen molar-refractivity contribution in [3.8, 4) is 0 Å². The number of rotatable bonds is 51. The number of hydrogen-bond acceptors (Lipinski definition) is 3. The summed E-state index contributed by atoms with van der Waals surface area (Å²) in [7, 11) is 0. The van der Waals surface area contributed by atoms with E-state index in [9.17, 15) is 15.0 Å². The normalized spacial score (nSPS) is 12.9. The predicted molar refractivity (Wildman–Crippen MR) is 267 cm³/mol. The van der Waals surface area contributed by atoms with Crippen molar-refractivity contribution >= 4 is 5.91 Å². The van der Waals surface area contributed by atoms with Crippen LogP contribution in [0.5, 0.6) is 0 Å². The van der Waals surface area contributed by atoms with Crippen molar-refractivity contribution in [2.45, 2.75) is 321 Å². The van der Waals surface area contributed by atoms with Crippen LogP contribution in [0.4, 0.5) is 0 Å². The van der Waals surface area contributed by atoms with E-state index in [1.165, 1.54) is 263 Å². The average Bonchev–Trinajstić information content (AvgIpc) is 3.25. The van der Waals surface area contributed by atoms with Gasteiger partial charge < -0.3 is 15.5 Å². The third kappa shape index (κ3) is 47.9. The van der Waals surface area contributed by atoms with Gasteiger partial charge in [-0.1, -0.05) is 282 Å². The van der Waals surface area contributed by atoms with Crippen molar-refractivity contribution in [2.24, 2.45) is 0 Å². The fourth-order valence-electron chi connectivity index (χ4n) is 8.71. The molecule has 3 N–H and O–H groups in total. The zero-order chi connectivity index (χ0) is 43.5. The zero-order valence-electron chi connectivity index (χ0n) is 41.0. The lowest BCUT2D eigenvalue weighted by atomic mass is 10.0. The van der Waals surface area contributed by atoms with E-state index in [1.807, 2.05) is 6.08 Å². The maximum atomic E-state index is 12.5. The Morgan fingerprint density at radius 2 is 0.633 bits per heavy atom. The lowest BCUT2D eigenvalue weighted by Gasteiger charge is -2.20. The first-order chi connectivity index (χ1) is 29.7. The lowest BCUT2D eigenvalue weighted by molar-refractivity contribution is -0.123. The number of hydrogen-bond donors (Lipinski definition) is 3. The van der Waals surface area contributed by atoms with Crippen LogP contribution in [-0.4, -0.2) is 34.9 Å². The monoisotopic (exact) mass is 844 g/mol. The fourth-order valence-corrected chi connectivity index (χ4v) is 8.71. The molecule has 0 aliphatic rings. The van der Waals surface area contributed by atoms with E-state index in [0.29, 0.717) is 6.42 Å². The second kappa shape index (κ2) is 52.2. The van der Waals surface area contributed by atoms with Crippen LogP contribution < -0.4 is 5.32 Å². The first-order valence-corrected chi connectivity index (χ1v) is 27.6. The summed E-state index contributed by atoms with van der Waals surface area (Å²) in [4.78, 5) is 12.5. The zero-order valence-corrected chi connectivity index (χ0v) is 41.0. The molecular formula is C56H109NO3. The first-order valence-electron chi connectivity index (χ1n) is 27.6. The third-order valence-electron chi connectivity index (χ3n) is 12.9. The van der Waals surface area contributed by atoms with Crippen molar-refractivity contribution in [3.05, 3.63) is 24.3 Å². The second-order valence-electron chi connectivity index (χ2n) is 19.0. The van der Waals surface area contributed by atoms with Crippen LogP contribution in [0.2, 0.25) is 0 Å². The maximum absolute atomic E-state index is 12.5. The molecule has 0 aromatic carbocycles. The van der Waals surface area contributed by atoms with Gasteiger partial charge in [0.15, 0.2) is 0 Å².